The zero-order chi connectivity index (χ0) is 11.8. The number of aromatic nitrogens is 1. The highest BCUT2D eigenvalue weighted by Gasteiger charge is 2.05. The number of hydrogen-bond donors (Lipinski definition) is 1. The molecule has 3 aromatic rings. The van der Waals surface area contributed by atoms with Gasteiger partial charge in [0.1, 0.15) is 0 Å². The lowest BCUT2D eigenvalue weighted by atomic mass is 10.1. The Kier molecular flexibility index (Phi) is 2.22. The van der Waals surface area contributed by atoms with Gasteiger partial charge in [-0.15, -0.1) is 0 Å². The van der Waals surface area contributed by atoms with Gasteiger partial charge in [-0.1, -0.05) is 37.3 Å². The maximum absolute atomic E-state index is 5.98. The Labute approximate surface area is 100 Å². The van der Waals surface area contributed by atoms with Gasteiger partial charge in [0.2, 0.25) is 0 Å². The van der Waals surface area contributed by atoms with Gasteiger partial charge in [-0.25, -0.2) is 4.98 Å². The molecule has 0 amide bonds. The summed E-state index contributed by atoms with van der Waals surface area (Å²) >= 11 is 0. The highest BCUT2D eigenvalue weighted by molar-refractivity contribution is 5.98. The summed E-state index contributed by atoms with van der Waals surface area (Å²) in [6.07, 6.45) is 0.989. The first-order valence-electron chi connectivity index (χ1n) is 5.86. The predicted molar refractivity (Wildman–Crippen MR) is 73.0 cm³/mol. The van der Waals surface area contributed by atoms with Gasteiger partial charge in [-0.2, -0.15) is 0 Å². The monoisotopic (exact) mass is 222 g/mol. The Hall–Kier alpha value is -2.09. The van der Waals surface area contributed by atoms with Crippen molar-refractivity contribution in [3.8, 4) is 0 Å². The smallest absolute Gasteiger partial charge is 0.0938 e. The van der Waals surface area contributed by atoms with Crippen LogP contribution in [0.15, 0.2) is 42.5 Å². The standard InChI is InChI=1S/C15H14N2/c1-2-10-5-3-6-11-9-12-7-4-8-13(16)15(12)17-14(10)11/h3-9H,2,16H2,1H3. The molecule has 17 heavy (non-hydrogen) atoms. The second-order valence-corrected chi connectivity index (χ2v) is 4.25. The lowest BCUT2D eigenvalue weighted by molar-refractivity contribution is 1.15. The van der Waals surface area contributed by atoms with E-state index in [0.29, 0.717) is 0 Å². The number of para-hydroxylation sites is 2. The van der Waals surface area contributed by atoms with E-state index in [0.717, 1.165) is 28.5 Å². The van der Waals surface area contributed by atoms with Crippen LogP contribution in [0.1, 0.15) is 12.5 Å². The van der Waals surface area contributed by atoms with Crippen LogP contribution in [0.25, 0.3) is 21.8 Å². The molecule has 0 radical (unpaired) electrons. The van der Waals surface area contributed by atoms with Crippen LogP contribution in [-0.2, 0) is 6.42 Å². The minimum Gasteiger partial charge on any atom is -0.397 e. The van der Waals surface area contributed by atoms with Crippen molar-refractivity contribution in [2.75, 3.05) is 5.73 Å². The number of nitrogen functional groups attached to an aromatic ring is 1. The van der Waals surface area contributed by atoms with Crippen LogP contribution < -0.4 is 5.73 Å². The van der Waals surface area contributed by atoms with Gasteiger partial charge in [-0.3, -0.25) is 0 Å². The third kappa shape index (κ3) is 1.53. The summed E-state index contributed by atoms with van der Waals surface area (Å²) in [5, 5.41) is 2.29. The van der Waals surface area contributed by atoms with Gasteiger partial charge in [0, 0.05) is 10.8 Å². The van der Waals surface area contributed by atoms with Gasteiger partial charge in [-0.05, 0) is 24.1 Å². The van der Waals surface area contributed by atoms with Crippen LogP contribution in [0.3, 0.4) is 0 Å². The number of benzene rings is 2. The van der Waals surface area contributed by atoms with Crippen molar-refractivity contribution in [3.63, 3.8) is 0 Å². The van der Waals surface area contributed by atoms with Gasteiger partial charge >= 0.3 is 0 Å². The maximum Gasteiger partial charge on any atom is 0.0938 e. The molecule has 0 atom stereocenters. The fraction of sp³-hybridized carbons (Fsp3) is 0.133. The van der Waals surface area contributed by atoms with Crippen molar-refractivity contribution in [2.24, 2.45) is 0 Å². The third-order valence-corrected chi connectivity index (χ3v) is 3.16. The largest absolute Gasteiger partial charge is 0.397 e. The number of nitrogens with two attached hydrogens (primary N) is 1. The van der Waals surface area contributed by atoms with E-state index in [2.05, 4.69) is 37.3 Å². The predicted octanol–water partition coefficient (Wildman–Crippen LogP) is 3.53. The zero-order valence-corrected chi connectivity index (χ0v) is 9.77. The topological polar surface area (TPSA) is 38.9 Å². The average molecular weight is 222 g/mol. The molecule has 1 heterocycles. The van der Waals surface area contributed by atoms with Crippen LogP contribution >= 0.6 is 0 Å². The van der Waals surface area contributed by atoms with Crippen molar-refractivity contribution in [1.82, 2.24) is 4.98 Å². The fourth-order valence-electron chi connectivity index (χ4n) is 2.25. The highest BCUT2D eigenvalue weighted by Crippen LogP contribution is 2.25. The van der Waals surface area contributed by atoms with Crippen LogP contribution in [0.4, 0.5) is 5.69 Å². The molecular formula is C15H14N2. The molecule has 0 saturated carbocycles. The van der Waals surface area contributed by atoms with E-state index in [4.69, 9.17) is 10.7 Å². The van der Waals surface area contributed by atoms with Crippen LogP contribution in [0.5, 0.6) is 0 Å². The average Bonchev–Trinajstić information content (AvgIpc) is 2.36. The summed E-state index contributed by atoms with van der Waals surface area (Å²) < 4.78 is 0. The first kappa shape index (κ1) is 10.1. The van der Waals surface area contributed by atoms with E-state index in [1.807, 2.05) is 12.1 Å². The van der Waals surface area contributed by atoms with Gasteiger partial charge < -0.3 is 5.73 Å². The van der Waals surface area contributed by atoms with Crippen molar-refractivity contribution in [2.45, 2.75) is 13.3 Å². The summed E-state index contributed by atoms with van der Waals surface area (Å²) in [6, 6.07) is 14.4. The van der Waals surface area contributed by atoms with E-state index in [-0.39, 0.29) is 0 Å². The molecule has 3 rings (SSSR count). The second-order valence-electron chi connectivity index (χ2n) is 4.25. The minimum atomic E-state index is 0.746. The summed E-state index contributed by atoms with van der Waals surface area (Å²) in [6.45, 7) is 2.15. The summed E-state index contributed by atoms with van der Waals surface area (Å²) in [5.74, 6) is 0. The van der Waals surface area contributed by atoms with E-state index in [9.17, 15) is 0 Å². The molecule has 0 aliphatic carbocycles. The molecule has 2 aromatic carbocycles. The first-order valence-corrected chi connectivity index (χ1v) is 5.86. The van der Waals surface area contributed by atoms with Crippen molar-refractivity contribution >= 4 is 27.5 Å². The van der Waals surface area contributed by atoms with Gasteiger partial charge in [0.05, 0.1) is 16.7 Å². The summed E-state index contributed by atoms with van der Waals surface area (Å²) in [5.41, 5.74) is 9.97. The molecule has 2 heteroatoms. The highest BCUT2D eigenvalue weighted by atomic mass is 14.7. The van der Waals surface area contributed by atoms with Crippen LogP contribution in [0, 0.1) is 0 Å². The lowest BCUT2D eigenvalue weighted by Gasteiger charge is -2.07. The van der Waals surface area contributed by atoms with Crippen molar-refractivity contribution in [1.29, 1.82) is 0 Å². The normalized spacial score (nSPS) is 11.1. The molecule has 0 bridgehead atoms. The number of aryl methyl sites for hydroxylation is 1. The molecule has 1 aromatic heterocycles. The Balaban J connectivity index is 2.49. The number of hydrogen-bond acceptors (Lipinski definition) is 2. The number of pyridine rings is 1. The first-order chi connectivity index (χ1) is 8.29. The van der Waals surface area contributed by atoms with Crippen LogP contribution in [0.2, 0.25) is 0 Å². The molecule has 84 valence electrons. The molecular weight excluding hydrogens is 208 g/mol. The number of anilines is 1. The minimum absolute atomic E-state index is 0.746. The van der Waals surface area contributed by atoms with E-state index in [1.165, 1.54) is 10.9 Å². The molecule has 2 nitrogen and oxygen atoms in total. The van der Waals surface area contributed by atoms with Gasteiger partial charge in [0.15, 0.2) is 0 Å². The zero-order valence-electron chi connectivity index (χ0n) is 9.77. The third-order valence-electron chi connectivity index (χ3n) is 3.16. The molecule has 0 fully saturated rings. The molecule has 0 spiro atoms. The Morgan fingerprint density at radius 1 is 1.00 bits per heavy atom. The van der Waals surface area contributed by atoms with E-state index in [1.54, 1.807) is 0 Å². The second kappa shape index (κ2) is 3.74. The van der Waals surface area contributed by atoms with Gasteiger partial charge in [0.25, 0.3) is 0 Å². The summed E-state index contributed by atoms with van der Waals surface area (Å²) in [4.78, 5) is 4.72. The molecule has 0 saturated heterocycles. The van der Waals surface area contributed by atoms with Crippen molar-refractivity contribution < 1.29 is 0 Å². The molecule has 0 unspecified atom stereocenters. The molecule has 2 N–H and O–H groups in total. The Bertz CT molecular complexity index is 702. The SMILES string of the molecule is CCc1cccc2cc3cccc(N)c3nc12. The van der Waals surface area contributed by atoms with Crippen molar-refractivity contribution in [3.05, 3.63) is 48.0 Å². The molecule has 0 aliphatic rings. The van der Waals surface area contributed by atoms with Crippen LogP contribution in [-0.4, -0.2) is 4.98 Å². The Morgan fingerprint density at radius 2 is 1.71 bits per heavy atom. The Morgan fingerprint density at radius 3 is 2.47 bits per heavy atom. The van der Waals surface area contributed by atoms with E-state index < -0.39 is 0 Å². The number of rotatable bonds is 1. The van der Waals surface area contributed by atoms with E-state index >= 15 is 0 Å². The number of fused-ring (bicyclic) bond motifs is 2. The fourth-order valence-corrected chi connectivity index (χ4v) is 2.25. The maximum atomic E-state index is 5.98. The number of nitrogens with zero attached hydrogens (tertiary/aromatic N) is 1. The molecule has 0 aliphatic heterocycles. The lowest BCUT2D eigenvalue weighted by Crippen LogP contribution is -1.92. The quantitative estimate of drug-likeness (QED) is 0.505. The summed E-state index contributed by atoms with van der Waals surface area (Å²) in [7, 11) is 0.